The van der Waals surface area contributed by atoms with Crippen molar-refractivity contribution in [1.29, 1.82) is 0 Å². The third kappa shape index (κ3) is 3.71. The maximum atomic E-state index is 5.88. The van der Waals surface area contributed by atoms with E-state index >= 15 is 0 Å². The quantitative estimate of drug-likeness (QED) is 0.545. The van der Waals surface area contributed by atoms with Crippen molar-refractivity contribution in [3.05, 3.63) is 0 Å². The molecule has 3 unspecified atom stereocenters. The van der Waals surface area contributed by atoms with E-state index < -0.39 is 0 Å². The SMILES string of the molecule is CCC(C)(C(CCC1CCCO1)NN)N1CCOCC1. The Bertz CT molecular complexity index is 278. The molecule has 0 spiro atoms. The molecular formula is C15H31N3O2. The first-order valence-corrected chi connectivity index (χ1v) is 8.11. The highest BCUT2D eigenvalue weighted by atomic mass is 16.5. The molecule has 2 heterocycles. The van der Waals surface area contributed by atoms with Crippen LogP contribution in [0, 0.1) is 0 Å². The van der Waals surface area contributed by atoms with Gasteiger partial charge in [0.1, 0.15) is 0 Å². The standard InChI is InChI=1S/C15H31N3O2/c1-3-15(2,18-8-11-19-12-9-18)14(17-16)7-6-13-5-4-10-20-13/h13-14,17H,3-12,16H2,1-2H3. The number of hydrogen-bond donors (Lipinski definition) is 2. The van der Waals surface area contributed by atoms with Crippen LogP contribution < -0.4 is 11.3 Å². The molecule has 5 nitrogen and oxygen atoms in total. The van der Waals surface area contributed by atoms with Gasteiger partial charge in [-0.2, -0.15) is 0 Å². The van der Waals surface area contributed by atoms with Crippen LogP contribution in [0.4, 0.5) is 0 Å². The molecule has 0 amide bonds. The number of rotatable bonds is 7. The average Bonchev–Trinajstić information content (AvgIpc) is 3.01. The van der Waals surface area contributed by atoms with E-state index in [1.807, 2.05) is 0 Å². The van der Waals surface area contributed by atoms with Crippen molar-refractivity contribution in [3.8, 4) is 0 Å². The van der Waals surface area contributed by atoms with Crippen LogP contribution in [0.1, 0.15) is 46.0 Å². The first kappa shape index (κ1) is 16.2. The lowest BCUT2D eigenvalue weighted by molar-refractivity contribution is -0.0353. The van der Waals surface area contributed by atoms with Crippen LogP contribution in [0.3, 0.4) is 0 Å². The molecule has 0 radical (unpaired) electrons. The van der Waals surface area contributed by atoms with E-state index in [1.165, 1.54) is 12.8 Å². The van der Waals surface area contributed by atoms with Gasteiger partial charge < -0.3 is 9.47 Å². The van der Waals surface area contributed by atoms with Gasteiger partial charge >= 0.3 is 0 Å². The summed E-state index contributed by atoms with van der Waals surface area (Å²) in [5, 5.41) is 0. The van der Waals surface area contributed by atoms with E-state index in [2.05, 4.69) is 24.2 Å². The predicted octanol–water partition coefficient (Wildman–Crippen LogP) is 1.28. The van der Waals surface area contributed by atoms with Crippen LogP contribution in [-0.2, 0) is 9.47 Å². The lowest BCUT2D eigenvalue weighted by atomic mass is 9.84. The predicted molar refractivity (Wildman–Crippen MR) is 80.4 cm³/mol. The molecule has 3 atom stereocenters. The van der Waals surface area contributed by atoms with Crippen LogP contribution in [0.2, 0.25) is 0 Å². The van der Waals surface area contributed by atoms with Gasteiger partial charge in [-0.1, -0.05) is 6.92 Å². The molecule has 118 valence electrons. The van der Waals surface area contributed by atoms with Crippen molar-refractivity contribution in [2.45, 2.75) is 63.6 Å². The lowest BCUT2D eigenvalue weighted by Gasteiger charge is -2.47. The Morgan fingerprint density at radius 1 is 1.35 bits per heavy atom. The zero-order chi connectivity index (χ0) is 14.4. The molecule has 0 aliphatic carbocycles. The summed E-state index contributed by atoms with van der Waals surface area (Å²) in [5.41, 5.74) is 3.17. The van der Waals surface area contributed by atoms with Gasteiger partial charge in [-0.25, -0.2) is 0 Å². The van der Waals surface area contributed by atoms with Gasteiger partial charge in [0.25, 0.3) is 0 Å². The maximum absolute atomic E-state index is 5.88. The summed E-state index contributed by atoms with van der Waals surface area (Å²) in [6.07, 6.45) is 6.12. The van der Waals surface area contributed by atoms with Crippen molar-refractivity contribution in [3.63, 3.8) is 0 Å². The fourth-order valence-corrected chi connectivity index (χ4v) is 3.56. The normalized spacial score (nSPS) is 29.2. The molecule has 0 aromatic carbocycles. The molecule has 0 aromatic rings. The Morgan fingerprint density at radius 3 is 2.65 bits per heavy atom. The van der Waals surface area contributed by atoms with Gasteiger partial charge in [-0.05, 0) is 39.0 Å². The minimum atomic E-state index is 0.0944. The van der Waals surface area contributed by atoms with E-state index in [-0.39, 0.29) is 5.54 Å². The zero-order valence-electron chi connectivity index (χ0n) is 13.1. The maximum Gasteiger partial charge on any atom is 0.0594 e. The monoisotopic (exact) mass is 285 g/mol. The Kier molecular flexibility index (Phi) is 6.23. The minimum Gasteiger partial charge on any atom is -0.379 e. The Balaban J connectivity index is 1.93. The Labute approximate surface area is 123 Å². The Morgan fingerprint density at radius 2 is 2.10 bits per heavy atom. The van der Waals surface area contributed by atoms with Gasteiger partial charge in [0.15, 0.2) is 0 Å². The van der Waals surface area contributed by atoms with Gasteiger partial charge in [0.05, 0.1) is 19.3 Å². The van der Waals surface area contributed by atoms with Gasteiger partial charge in [0.2, 0.25) is 0 Å². The van der Waals surface area contributed by atoms with Crippen LogP contribution >= 0.6 is 0 Å². The van der Waals surface area contributed by atoms with Crippen LogP contribution in [0.25, 0.3) is 0 Å². The number of nitrogens with one attached hydrogen (secondary N) is 1. The molecule has 2 saturated heterocycles. The zero-order valence-corrected chi connectivity index (χ0v) is 13.1. The van der Waals surface area contributed by atoms with E-state index in [9.17, 15) is 0 Å². The molecule has 5 heteroatoms. The van der Waals surface area contributed by atoms with Crippen molar-refractivity contribution >= 4 is 0 Å². The van der Waals surface area contributed by atoms with E-state index in [0.29, 0.717) is 12.1 Å². The van der Waals surface area contributed by atoms with E-state index in [4.69, 9.17) is 15.3 Å². The topological polar surface area (TPSA) is 59.8 Å². The summed E-state index contributed by atoms with van der Waals surface area (Å²) in [5.74, 6) is 5.88. The second kappa shape index (κ2) is 7.71. The second-order valence-electron chi connectivity index (χ2n) is 6.24. The van der Waals surface area contributed by atoms with E-state index in [1.54, 1.807) is 0 Å². The van der Waals surface area contributed by atoms with Crippen LogP contribution in [0.5, 0.6) is 0 Å². The number of hydrazine groups is 1. The molecule has 0 bridgehead atoms. The molecule has 0 aromatic heterocycles. The summed E-state index contributed by atoms with van der Waals surface area (Å²) in [6, 6.07) is 0.301. The van der Waals surface area contributed by atoms with Gasteiger partial charge in [0, 0.05) is 31.3 Å². The summed E-state index contributed by atoms with van der Waals surface area (Å²) < 4.78 is 11.2. The highest BCUT2D eigenvalue weighted by Crippen LogP contribution is 2.29. The van der Waals surface area contributed by atoms with Gasteiger partial charge in [-0.3, -0.25) is 16.2 Å². The second-order valence-corrected chi connectivity index (χ2v) is 6.24. The molecule has 0 saturated carbocycles. The molecule has 2 aliphatic rings. The van der Waals surface area contributed by atoms with Crippen LogP contribution in [0.15, 0.2) is 0 Å². The Hall–Kier alpha value is -0.200. The molecule has 2 aliphatic heterocycles. The van der Waals surface area contributed by atoms with Crippen molar-refractivity contribution in [1.82, 2.24) is 10.3 Å². The first-order chi connectivity index (χ1) is 9.70. The average molecular weight is 285 g/mol. The fourth-order valence-electron chi connectivity index (χ4n) is 3.56. The molecule has 2 fully saturated rings. The number of nitrogens with two attached hydrogens (primary N) is 1. The molecule has 20 heavy (non-hydrogen) atoms. The minimum absolute atomic E-state index is 0.0944. The van der Waals surface area contributed by atoms with Gasteiger partial charge in [-0.15, -0.1) is 0 Å². The largest absolute Gasteiger partial charge is 0.379 e. The number of morpholine rings is 1. The van der Waals surface area contributed by atoms with Crippen molar-refractivity contribution in [2.75, 3.05) is 32.9 Å². The summed E-state index contributed by atoms with van der Waals surface area (Å²) in [4.78, 5) is 2.54. The summed E-state index contributed by atoms with van der Waals surface area (Å²) >= 11 is 0. The van der Waals surface area contributed by atoms with Crippen molar-refractivity contribution < 1.29 is 9.47 Å². The molecule has 3 N–H and O–H groups in total. The fraction of sp³-hybridized carbons (Fsp3) is 1.00. The third-order valence-electron chi connectivity index (χ3n) is 5.20. The highest BCUT2D eigenvalue weighted by Gasteiger charge is 2.38. The third-order valence-corrected chi connectivity index (χ3v) is 5.20. The van der Waals surface area contributed by atoms with Crippen LogP contribution in [-0.4, -0.2) is 55.5 Å². The summed E-state index contributed by atoms with van der Waals surface area (Å²) in [6.45, 7) is 9.19. The molecular weight excluding hydrogens is 254 g/mol. The van der Waals surface area contributed by atoms with Crippen molar-refractivity contribution in [2.24, 2.45) is 5.84 Å². The number of nitrogens with zero attached hydrogens (tertiary/aromatic N) is 1. The first-order valence-electron chi connectivity index (χ1n) is 8.11. The summed E-state index contributed by atoms with van der Waals surface area (Å²) in [7, 11) is 0. The lowest BCUT2D eigenvalue weighted by Crippen LogP contribution is -2.63. The smallest absolute Gasteiger partial charge is 0.0594 e. The van der Waals surface area contributed by atoms with E-state index in [0.717, 1.165) is 52.2 Å². The molecule has 2 rings (SSSR count). The number of hydrogen-bond acceptors (Lipinski definition) is 5. The highest BCUT2D eigenvalue weighted by molar-refractivity contribution is 4.96. The number of ether oxygens (including phenoxy) is 2.